The third-order valence-electron chi connectivity index (χ3n) is 4.17. The number of rotatable bonds is 5. The molecule has 2 rings (SSSR count). The SMILES string of the molecule is CC(C)C(C)(CC(=O)O)NC(=O)C1=Cc2cc(Cl)ccc2OC1. The monoisotopic (exact) mass is 337 g/mol. The lowest BCUT2D eigenvalue weighted by atomic mass is 9.85. The van der Waals surface area contributed by atoms with Crippen LogP contribution in [0.25, 0.3) is 6.08 Å². The van der Waals surface area contributed by atoms with E-state index in [1.807, 2.05) is 13.8 Å². The molecule has 0 radical (unpaired) electrons. The van der Waals surface area contributed by atoms with E-state index in [1.54, 1.807) is 31.2 Å². The predicted molar refractivity (Wildman–Crippen MR) is 88.6 cm³/mol. The van der Waals surface area contributed by atoms with Crippen LogP contribution in [0.5, 0.6) is 5.75 Å². The molecule has 0 spiro atoms. The molecule has 1 aliphatic heterocycles. The van der Waals surface area contributed by atoms with Crippen LogP contribution in [-0.2, 0) is 9.59 Å². The van der Waals surface area contributed by atoms with Crippen molar-refractivity contribution in [2.75, 3.05) is 6.61 Å². The quantitative estimate of drug-likeness (QED) is 0.865. The van der Waals surface area contributed by atoms with Crippen LogP contribution in [-0.4, -0.2) is 29.1 Å². The maximum absolute atomic E-state index is 12.5. The first-order valence-electron chi connectivity index (χ1n) is 7.38. The summed E-state index contributed by atoms with van der Waals surface area (Å²) >= 11 is 5.96. The van der Waals surface area contributed by atoms with Crippen LogP contribution in [0.3, 0.4) is 0 Å². The fraction of sp³-hybridized carbons (Fsp3) is 0.412. The molecule has 5 nitrogen and oxygen atoms in total. The molecule has 2 N–H and O–H groups in total. The van der Waals surface area contributed by atoms with Crippen LogP contribution < -0.4 is 10.1 Å². The Balaban J connectivity index is 2.22. The fourth-order valence-corrected chi connectivity index (χ4v) is 2.51. The maximum atomic E-state index is 12.5. The number of amides is 1. The zero-order valence-electron chi connectivity index (χ0n) is 13.4. The molecular weight excluding hydrogens is 318 g/mol. The van der Waals surface area contributed by atoms with Gasteiger partial charge in [-0.15, -0.1) is 0 Å². The molecule has 1 aromatic carbocycles. The third kappa shape index (κ3) is 4.05. The number of fused-ring (bicyclic) bond motifs is 1. The molecular formula is C17H20ClNO4. The molecule has 1 aliphatic rings. The number of hydrogen-bond donors (Lipinski definition) is 2. The lowest BCUT2D eigenvalue weighted by Gasteiger charge is -2.34. The molecule has 1 amide bonds. The predicted octanol–water partition coefficient (Wildman–Crippen LogP) is 3.12. The molecule has 124 valence electrons. The number of carboxylic acid groups (broad SMARTS) is 1. The van der Waals surface area contributed by atoms with Crippen LogP contribution in [0.15, 0.2) is 23.8 Å². The van der Waals surface area contributed by atoms with Crippen LogP contribution in [0.2, 0.25) is 5.02 Å². The number of carboxylic acids is 1. The van der Waals surface area contributed by atoms with E-state index in [-0.39, 0.29) is 24.9 Å². The molecule has 0 saturated carbocycles. The van der Waals surface area contributed by atoms with Gasteiger partial charge in [0.15, 0.2) is 0 Å². The Labute approximate surface area is 140 Å². The number of benzene rings is 1. The van der Waals surface area contributed by atoms with Crippen molar-refractivity contribution in [3.8, 4) is 5.75 Å². The summed E-state index contributed by atoms with van der Waals surface area (Å²) in [6, 6.07) is 5.20. The molecule has 0 aromatic heterocycles. The Morgan fingerprint density at radius 2 is 2.13 bits per heavy atom. The van der Waals surface area contributed by atoms with Crippen LogP contribution in [0, 0.1) is 5.92 Å². The molecule has 0 aliphatic carbocycles. The molecule has 1 unspecified atom stereocenters. The first-order valence-corrected chi connectivity index (χ1v) is 7.76. The van der Waals surface area contributed by atoms with Crippen LogP contribution in [0.1, 0.15) is 32.8 Å². The van der Waals surface area contributed by atoms with Gasteiger partial charge in [-0.2, -0.15) is 0 Å². The van der Waals surface area contributed by atoms with Gasteiger partial charge in [0.05, 0.1) is 17.5 Å². The number of carbonyl (C=O) groups excluding carboxylic acids is 1. The van der Waals surface area contributed by atoms with Gasteiger partial charge in [-0.3, -0.25) is 9.59 Å². The second-order valence-corrected chi connectivity index (χ2v) is 6.67. The maximum Gasteiger partial charge on any atom is 0.305 e. The summed E-state index contributed by atoms with van der Waals surface area (Å²) in [5.74, 6) is -0.641. The van der Waals surface area contributed by atoms with Gasteiger partial charge in [0.25, 0.3) is 5.91 Å². The molecule has 1 atom stereocenters. The van der Waals surface area contributed by atoms with E-state index in [1.165, 1.54) is 0 Å². The third-order valence-corrected chi connectivity index (χ3v) is 4.40. The van der Waals surface area contributed by atoms with E-state index < -0.39 is 11.5 Å². The molecule has 0 fully saturated rings. The zero-order chi connectivity index (χ0) is 17.2. The van der Waals surface area contributed by atoms with E-state index >= 15 is 0 Å². The Bertz CT molecular complexity index is 669. The lowest BCUT2D eigenvalue weighted by molar-refractivity contribution is -0.139. The average molecular weight is 338 g/mol. The lowest BCUT2D eigenvalue weighted by Crippen LogP contribution is -2.52. The molecule has 23 heavy (non-hydrogen) atoms. The Morgan fingerprint density at radius 3 is 2.74 bits per heavy atom. The first-order chi connectivity index (χ1) is 10.7. The van der Waals surface area contributed by atoms with E-state index in [9.17, 15) is 9.59 Å². The molecule has 1 heterocycles. The topological polar surface area (TPSA) is 75.6 Å². The van der Waals surface area contributed by atoms with Gasteiger partial charge in [-0.05, 0) is 37.1 Å². The number of aliphatic carboxylic acids is 1. The summed E-state index contributed by atoms with van der Waals surface area (Å²) in [7, 11) is 0. The summed E-state index contributed by atoms with van der Waals surface area (Å²) in [4.78, 5) is 23.6. The molecule has 1 aromatic rings. The normalized spacial score (nSPS) is 16.0. The largest absolute Gasteiger partial charge is 0.488 e. The Hall–Kier alpha value is -2.01. The van der Waals surface area contributed by atoms with Gasteiger partial charge >= 0.3 is 5.97 Å². The number of halogens is 1. The standard InChI is InChI=1S/C17H20ClNO4/c1-10(2)17(3,8-15(20)21)19-16(22)12-6-11-7-13(18)4-5-14(11)23-9-12/h4-7,10H,8-9H2,1-3H3,(H,19,22)(H,20,21). The van der Waals surface area contributed by atoms with Crippen molar-refractivity contribution in [3.63, 3.8) is 0 Å². The highest BCUT2D eigenvalue weighted by atomic mass is 35.5. The second kappa shape index (κ2) is 6.62. The Morgan fingerprint density at radius 1 is 1.43 bits per heavy atom. The summed E-state index contributed by atoms with van der Waals surface area (Å²) in [5.41, 5.74) is 0.341. The van der Waals surface area contributed by atoms with Gasteiger partial charge < -0.3 is 15.2 Å². The number of carbonyl (C=O) groups is 2. The van der Waals surface area contributed by atoms with Crippen LogP contribution in [0.4, 0.5) is 0 Å². The van der Waals surface area contributed by atoms with E-state index in [0.29, 0.717) is 16.3 Å². The fourth-order valence-electron chi connectivity index (χ4n) is 2.33. The van der Waals surface area contributed by atoms with Crippen molar-refractivity contribution >= 4 is 29.6 Å². The number of hydrogen-bond acceptors (Lipinski definition) is 3. The van der Waals surface area contributed by atoms with Crippen molar-refractivity contribution in [1.29, 1.82) is 0 Å². The van der Waals surface area contributed by atoms with Crippen molar-refractivity contribution in [3.05, 3.63) is 34.4 Å². The summed E-state index contributed by atoms with van der Waals surface area (Å²) in [6.07, 6.45) is 1.58. The van der Waals surface area contributed by atoms with Crippen molar-refractivity contribution < 1.29 is 19.4 Å². The summed E-state index contributed by atoms with van der Waals surface area (Å²) in [5, 5.41) is 12.5. The number of nitrogens with one attached hydrogen (secondary N) is 1. The van der Waals surface area contributed by atoms with Gasteiger partial charge in [0, 0.05) is 10.6 Å². The highest BCUT2D eigenvalue weighted by Gasteiger charge is 2.34. The summed E-state index contributed by atoms with van der Waals surface area (Å²) in [6.45, 7) is 5.63. The highest BCUT2D eigenvalue weighted by molar-refractivity contribution is 6.30. The minimum absolute atomic E-state index is 0.0330. The highest BCUT2D eigenvalue weighted by Crippen LogP contribution is 2.29. The van der Waals surface area contributed by atoms with Crippen molar-refractivity contribution in [2.45, 2.75) is 32.7 Å². The molecule has 0 bridgehead atoms. The van der Waals surface area contributed by atoms with E-state index in [2.05, 4.69) is 5.32 Å². The Kier molecular flexibility index (Phi) is 5.00. The summed E-state index contributed by atoms with van der Waals surface area (Å²) < 4.78 is 5.56. The molecule has 6 heteroatoms. The van der Waals surface area contributed by atoms with E-state index in [4.69, 9.17) is 21.4 Å². The second-order valence-electron chi connectivity index (χ2n) is 6.24. The van der Waals surface area contributed by atoms with Crippen molar-refractivity contribution in [1.82, 2.24) is 5.32 Å². The van der Waals surface area contributed by atoms with Gasteiger partial charge in [-0.1, -0.05) is 25.4 Å². The van der Waals surface area contributed by atoms with Gasteiger partial charge in [0.1, 0.15) is 12.4 Å². The minimum Gasteiger partial charge on any atom is -0.488 e. The zero-order valence-corrected chi connectivity index (χ0v) is 14.1. The van der Waals surface area contributed by atoms with Crippen molar-refractivity contribution in [2.24, 2.45) is 5.92 Å². The van der Waals surface area contributed by atoms with E-state index in [0.717, 1.165) is 5.56 Å². The smallest absolute Gasteiger partial charge is 0.305 e. The van der Waals surface area contributed by atoms with Gasteiger partial charge in [-0.25, -0.2) is 0 Å². The van der Waals surface area contributed by atoms with Crippen LogP contribution >= 0.6 is 11.6 Å². The minimum atomic E-state index is -0.951. The first kappa shape index (κ1) is 17.3. The number of ether oxygens (including phenoxy) is 1. The van der Waals surface area contributed by atoms with Gasteiger partial charge in [0.2, 0.25) is 0 Å². The molecule has 0 saturated heterocycles. The average Bonchev–Trinajstić information content (AvgIpc) is 2.45.